The number of halogens is 3. The van der Waals surface area contributed by atoms with Gasteiger partial charge in [-0.2, -0.15) is 5.10 Å². The van der Waals surface area contributed by atoms with Crippen LogP contribution in [0.5, 0.6) is 5.75 Å². The average Bonchev–Trinajstić information content (AvgIpc) is 3.28. The number of rotatable bonds is 8. The minimum Gasteiger partial charge on any atom is -0.406 e. The van der Waals surface area contributed by atoms with Crippen LogP contribution in [0.4, 0.5) is 24.5 Å². The minimum absolute atomic E-state index is 0.237. The Morgan fingerprint density at radius 2 is 1.82 bits per heavy atom. The van der Waals surface area contributed by atoms with Gasteiger partial charge < -0.3 is 15.4 Å². The Bertz CT molecular complexity index is 1430. The molecule has 208 valence electrons. The Hall–Kier alpha value is -4.12. The van der Waals surface area contributed by atoms with Crippen molar-refractivity contribution in [1.29, 1.82) is 0 Å². The molecule has 0 aliphatic carbocycles. The van der Waals surface area contributed by atoms with Gasteiger partial charge in [-0.05, 0) is 61.2 Å². The molecule has 1 saturated heterocycles. The molecule has 40 heavy (non-hydrogen) atoms. The second-order valence-electron chi connectivity index (χ2n) is 9.02. The molecule has 0 saturated carbocycles. The second kappa shape index (κ2) is 12.8. The van der Waals surface area contributed by atoms with E-state index < -0.39 is 6.36 Å². The van der Waals surface area contributed by atoms with Gasteiger partial charge in [0.1, 0.15) is 17.9 Å². The normalized spacial score (nSPS) is 17.4. The number of nitrogens with zero attached hydrogens (tertiary/aromatic N) is 5. The number of ether oxygens (including phenoxy) is 1. The summed E-state index contributed by atoms with van der Waals surface area (Å²) in [6.07, 6.45) is -0.864. The molecule has 1 unspecified atom stereocenters. The van der Waals surface area contributed by atoms with Gasteiger partial charge >= 0.3 is 6.36 Å². The monoisotopic (exact) mass is 566 g/mol. The maximum Gasteiger partial charge on any atom is 0.573 e. The summed E-state index contributed by atoms with van der Waals surface area (Å²) in [4.78, 5) is 10.5. The van der Waals surface area contributed by atoms with Gasteiger partial charge in [0.25, 0.3) is 0 Å². The molecule has 7 nitrogen and oxygen atoms in total. The summed E-state index contributed by atoms with van der Waals surface area (Å²) < 4.78 is 40.6. The zero-order valence-electron chi connectivity index (χ0n) is 22.3. The van der Waals surface area contributed by atoms with Crippen LogP contribution in [-0.4, -0.2) is 41.7 Å². The minimum atomic E-state index is -4.74. The Balaban J connectivity index is 1.40. The van der Waals surface area contributed by atoms with Gasteiger partial charge in [0, 0.05) is 23.0 Å². The van der Waals surface area contributed by atoms with Gasteiger partial charge in [0.15, 0.2) is 5.17 Å². The van der Waals surface area contributed by atoms with Crippen LogP contribution >= 0.6 is 11.8 Å². The lowest BCUT2D eigenvalue weighted by molar-refractivity contribution is -0.274. The van der Waals surface area contributed by atoms with Crippen molar-refractivity contribution >= 4 is 46.7 Å². The van der Waals surface area contributed by atoms with E-state index in [4.69, 9.17) is 5.73 Å². The molecule has 0 bridgehead atoms. The van der Waals surface area contributed by atoms with E-state index in [1.165, 1.54) is 47.4 Å². The molecule has 1 atom stereocenters. The van der Waals surface area contributed by atoms with E-state index in [2.05, 4.69) is 68.8 Å². The predicted octanol–water partition coefficient (Wildman–Crippen LogP) is 6.85. The standard InChI is InChI=1S/C29H29F3N6OS/c1-4-22-7-5-6-19(2)26(22)38-20(3)17-40-28(38)37-36-16-21-8-10-23(11-9-21)27(33)35-18-34-24-12-14-25(15-13-24)39-29(30,31)32/h5-16,18,20H,4,17H2,1-3H3,(H2,33,34,35)/b36-16+,37-28-. The lowest BCUT2D eigenvalue weighted by Crippen LogP contribution is -2.33. The Labute approximate surface area is 235 Å². The fourth-order valence-corrected chi connectivity index (χ4v) is 5.18. The maximum absolute atomic E-state index is 12.3. The second-order valence-corrected chi connectivity index (χ2v) is 10.0. The predicted molar refractivity (Wildman–Crippen MR) is 158 cm³/mol. The largest absolute Gasteiger partial charge is 0.573 e. The fourth-order valence-electron chi connectivity index (χ4n) is 4.12. The van der Waals surface area contributed by atoms with Gasteiger partial charge in [0.2, 0.25) is 0 Å². The number of para-hydroxylation sites is 1. The van der Waals surface area contributed by atoms with Gasteiger partial charge in [0.05, 0.1) is 11.9 Å². The molecular weight excluding hydrogens is 537 g/mol. The van der Waals surface area contributed by atoms with Crippen LogP contribution < -0.4 is 15.4 Å². The smallest absolute Gasteiger partial charge is 0.406 e. The van der Waals surface area contributed by atoms with Crippen LogP contribution in [0, 0.1) is 6.92 Å². The highest BCUT2D eigenvalue weighted by atomic mass is 32.2. The molecule has 1 aliphatic rings. The maximum atomic E-state index is 12.3. The first-order valence-corrected chi connectivity index (χ1v) is 13.6. The van der Waals surface area contributed by atoms with Crippen molar-refractivity contribution in [3.05, 3.63) is 89.0 Å². The number of anilines is 1. The van der Waals surface area contributed by atoms with E-state index in [-0.39, 0.29) is 11.6 Å². The zero-order valence-corrected chi connectivity index (χ0v) is 23.1. The third-order valence-electron chi connectivity index (χ3n) is 6.07. The highest BCUT2D eigenvalue weighted by molar-refractivity contribution is 8.14. The zero-order chi connectivity index (χ0) is 28.7. The van der Waals surface area contributed by atoms with Crippen LogP contribution in [-0.2, 0) is 6.42 Å². The number of amidine groups is 2. The van der Waals surface area contributed by atoms with E-state index in [1.807, 2.05) is 24.3 Å². The molecule has 0 aromatic heterocycles. The van der Waals surface area contributed by atoms with Crippen molar-refractivity contribution in [3.63, 3.8) is 0 Å². The van der Waals surface area contributed by atoms with Crippen molar-refractivity contribution in [2.45, 2.75) is 39.6 Å². The highest BCUT2D eigenvalue weighted by Gasteiger charge is 2.31. The number of alkyl halides is 3. The fraction of sp³-hybridized carbons (Fsp3) is 0.241. The van der Waals surface area contributed by atoms with E-state index in [0.717, 1.165) is 22.9 Å². The van der Waals surface area contributed by atoms with Crippen molar-refractivity contribution in [2.75, 3.05) is 10.7 Å². The van der Waals surface area contributed by atoms with Crippen LogP contribution in [0.15, 0.2) is 86.9 Å². The molecule has 2 N–H and O–H groups in total. The van der Waals surface area contributed by atoms with Crippen LogP contribution in [0.3, 0.4) is 0 Å². The first-order valence-electron chi connectivity index (χ1n) is 12.6. The number of thioether (sulfide) groups is 1. The Morgan fingerprint density at radius 1 is 1.10 bits per heavy atom. The molecule has 1 fully saturated rings. The SMILES string of the molecule is CCc1cccc(C)c1N1/C(=N/N=C/c2ccc(C(N)=NC=Nc3ccc(OC(F)(F)F)cc3)cc2)SCC1C. The molecule has 0 radical (unpaired) electrons. The molecule has 1 aliphatic heterocycles. The van der Waals surface area contributed by atoms with Crippen molar-refractivity contribution in [2.24, 2.45) is 25.9 Å². The molecule has 1 heterocycles. The summed E-state index contributed by atoms with van der Waals surface area (Å²) in [6, 6.07) is 19.1. The van der Waals surface area contributed by atoms with E-state index in [9.17, 15) is 13.2 Å². The van der Waals surface area contributed by atoms with Gasteiger partial charge in [-0.1, -0.05) is 61.2 Å². The number of hydrogen-bond acceptors (Lipinski definition) is 5. The lowest BCUT2D eigenvalue weighted by atomic mass is 10.0. The molecule has 0 amide bonds. The summed E-state index contributed by atoms with van der Waals surface area (Å²) in [6.45, 7) is 6.49. The molecule has 4 rings (SSSR count). The van der Waals surface area contributed by atoms with Gasteiger partial charge in [-0.25, -0.2) is 9.98 Å². The van der Waals surface area contributed by atoms with Crippen molar-refractivity contribution in [3.8, 4) is 5.75 Å². The van der Waals surface area contributed by atoms with Crippen LogP contribution in [0.2, 0.25) is 0 Å². The van der Waals surface area contributed by atoms with Crippen molar-refractivity contribution in [1.82, 2.24) is 0 Å². The number of aliphatic imine (C=N–C) groups is 2. The Kier molecular flexibility index (Phi) is 9.26. The summed E-state index contributed by atoms with van der Waals surface area (Å²) in [7, 11) is 0. The van der Waals surface area contributed by atoms with E-state index in [1.54, 1.807) is 18.0 Å². The quantitative estimate of drug-likeness (QED) is 0.183. The van der Waals surface area contributed by atoms with E-state index in [0.29, 0.717) is 17.3 Å². The summed E-state index contributed by atoms with van der Waals surface area (Å²) in [5.41, 5.74) is 11.7. The van der Waals surface area contributed by atoms with Crippen LogP contribution in [0.25, 0.3) is 0 Å². The number of benzene rings is 3. The summed E-state index contributed by atoms with van der Waals surface area (Å²) in [5.74, 6) is 0.858. The molecule has 3 aromatic carbocycles. The number of hydrogen-bond donors (Lipinski definition) is 1. The molecule has 11 heteroatoms. The number of nitrogens with two attached hydrogens (primary N) is 1. The third-order valence-corrected chi connectivity index (χ3v) is 7.26. The van der Waals surface area contributed by atoms with Crippen molar-refractivity contribution < 1.29 is 17.9 Å². The molecule has 3 aromatic rings. The number of aryl methyl sites for hydroxylation is 2. The highest BCUT2D eigenvalue weighted by Crippen LogP contribution is 2.35. The summed E-state index contributed by atoms with van der Waals surface area (Å²) >= 11 is 1.70. The third kappa shape index (κ3) is 7.50. The summed E-state index contributed by atoms with van der Waals surface area (Å²) in [5, 5.41) is 9.76. The van der Waals surface area contributed by atoms with E-state index >= 15 is 0 Å². The Morgan fingerprint density at radius 3 is 2.50 bits per heavy atom. The molecular formula is C29H29F3N6OS. The van der Waals surface area contributed by atoms with Crippen LogP contribution in [0.1, 0.15) is 36.1 Å². The lowest BCUT2D eigenvalue weighted by Gasteiger charge is -2.27. The first-order chi connectivity index (χ1) is 19.1. The van der Waals surface area contributed by atoms with Gasteiger partial charge in [-0.3, -0.25) is 0 Å². The average molecular weight is 567 g/mol. The molecule has 0 spiro atoms. The topological polar surface area (TPSA) is 87.9 Å². The van der Waals surface area contributed by atoms with Gasteiger partial charge in [-0.15, -0.1) is 18.3 Å². The first kappa shape index (κ1) is 28.9.